The summed E-state index contributed by atoms with van der Waals surface area (Å²) in [7, 11) is -1.44. The van der Waals surface area contributed by atoms with Gasteiger partial charge in [-0.1, -0.05) is 37.6 Å². The average molecular weight is 359 g/mol. The van der Waals surface area contributed by atoms with Crippen LogP contribution in [0.1, 0.15) is 62.5 Å². The molecule has 0 spiro atoms. The van der Waals surface area contributed by atoms with Crippen LogP contribution in [0.5, 0.6) is 0 Å². The van der Waals surface area contributed by atoms with Gasteiger partial charge in [-0.2, -0.15) is 22.2 Å². The molecule has 1 fully saturated rings. The topological polar surface area (TPSA) is 9.23 Å². The lowest BCUT2D eigenvalue weighted by Crippen LogP contribution is -2.21. The van der Waals surface area contributed by atoms with Crippen molar-refractivity contribution >= 4 is 29.6 Å². The molecule has 0 N–H and O–H groups in total. The van der Waals surface area contributed by atoms with Crippen LogP contribution in [0.4, 0.5) is 0 Å². The molecule has 1 aromatic carbocycles. The Labute approximate surface area is 146 Å². The quantitative estimate of drug-likeness (QED) is 0.325. The van der Waals surface area contributed by atoms with E-state index in [1.165, 1.54) is 49.7 Å². The lowest BCUT2D eigenvalue weighted by atomic mass is 9.82. The molecule has 0 heterocycles. The fourth-order valence-corrected chi connectivity index (χ4v) is 4.70. The molecule has 0 unspecified atom stereocenters. The zero-order valence-corrected chi connectivity index (χ0v) is 16.2. The SMILES string of the molecule is CCCc1ccc([C@H]2CC[C@H](OCCC[SiH](Cl)Cl)CC2)cc1. The first-order valence-electron chi connectivity index (χ1n) is 8.67. The Hall–Kier alpha value is -0.0231. The minimum Gasteiger partial charge on any atom is -0.378 e. The first kappa shape index (κ1) is 18.3. The normalized spacial score (nSPS) is 22.2. The van der Waals surface area contributed by atoms with E-state index in [-0.39, 0.29) is 0 Å². The van der Waals surface area contributed by atoms with Gasteiger partial charge in [-0.05, 0) is 61.6 Å². The summed E-state index contributed by atoms with van der Waals surface area (Å²) in [5, 5.41) is 0. The third kappa shape index (κ3) is 6.23. The molecule has 0 aliphatic heterocycles. The third-order valence-corrected chi connectivity index (χ3v) is 6.74. The van der Waals surface area contributed by atoms with E-state index in [1.807, 2.05) is 0 Å². The van der Waals surface area contributed by atoms with E-state index < -0.39 is 7.42 Å². The van der Waals surface area contributed by atoms with Gasteiger partial charge in [0.05, 0.1) is 6.10 Å². The summed E-state index contributed by atoms with van der Waals surface area (Å²) in [6.45, 7) is 3.06. The van der Waals surface area contributed by atoms with E-state index in [1.54, 1.807) is 0 Å². The maximum atomic E-state index is 5.97. The van der Waals surface area contributed by atoms with Crippen LogP contribution in [0.3, 0.4) is 0 Å². The zero-order valence-electron chi connectivity index (χ0n) is 13.6. The van der Waals surface area contributed by atoms with Crippen molar-refractivity contribution in [3.63, 3.8) is 0 Å². The van der Waals surface area contributed by atoms with E-state index in [2.05, 4.69) is 31.2 Å². The van der Waals surface area contributed by atoms with Crippen molar-refractivity contribution in [2.75, 3.05) is 6.61 Å². The number of aryl methyl sites for hydroxylation is 1. The summed E-state index contributed by atoms with van der Waals surface area (Å²) >= 11 is 11.7. The van der Waals surface area contributed by atoms with Gasteiger partial charge in [-0.3, -0.25) is 0 Å². The minimum absolute atomic E-state index is 0.446. The predicted octanol–water partition coefficient (Wildman–Crippen LogP) is 5.77. The van der Waals surface area contributed by atoms with Crippen LogP contribution in [0, 0.1) is 0 Å². The molecule has 0 bridgehead atoms. The molecule has 1 aliphatic carbocycles. The monoisotopic (exact) mass is 358 g/mol. The van der Waals surface area contributed by atoms with Gasteiger partial charge in [-0.15, -0.1) is 0 Å². The average Bonchev–Trinajstić information content (AvgIpc) is 2.53. The molecular weight excluding hydrogens is 331 g/mol. The fourth-order valence-electron chi connectivity index (χ4n) is 3.30. The summed E-state index contributed by atoms with van der Waals surface area (Å²) in [5.74, 6) is 0.720. The Kier molecular flexibility index (Phi) is 8.30. The smallest absolute Gasteiger partial charge is 0.237 e. The largest absolute Gasteiger partial charge is 0.378 e. The third-order valence-electron chi connectivity index (χ3n) is 4.58. The molecule has 0 amide bonds. The number of ether oxygens (including phenoxy) is 1. The van der Waals surface area contributed by atoms with Gasteiger partial charge in [-0.25, -0.2) is 0 Å². The van der Waals surface area contributed by atoms with Crippen LogP contribution in [-0.4, -0.2) is 20.1 Å². The van der Waals surface area contributed by atoms with Crippen LogP contribution >= 0.6 is 22.2 Å². The number of halogens is 2. The number of benzene rings is 1. The molecule has 22 heavy (non-hydrogen) atoms. The van der Waals surface area contributed by atoms with Gasteiger partial charge in [0.1, 0.15) is 0 Å². The highest BCUT2D eigenvalue weighted by molar-refractivity contribution is 7.33. The molecule has 1 aliphatic rings. The molecule has 1 saturated carbocycles. The number of hydrogen-bond acceptors (Lipinski definition) is 1. The van der Waals surface area contributed by atoms with Gasteiger partial charge < -0.3 is 4.74 Å². The van der Waals surface area contributed by atoms with Gasteiger partial charge in [0, 0.05) is 6.61 Å². The summed E-state index contributed by atoms with van der Waals surface area (Å²) in [5.41, 5.74) is 2.97. The summed E-state index contributed by atoms with van der Waals surface area (Å²) in [6.07, 6.45) is 8.74. The maximum Gasteiger partial charge on any atom is 0.237 e. The molecule has 0 saturated heterocycles. The van der Waals surface area contributed by atoms with Crippen molar-refractivity contribution in [2.24, 2.45) is 0 Å². The highest BCUT2D eigenvalue weighted by atomic mass is 35.7. The van der Waals surface area contributed by atoms with Gasteiger partial charge in [0.2, 0.25) is 7.42 Å². The highest BCUT2D eigenvalue weighted by Crippen LogP contribution is 2.34. The first-order chi connectivity index (χ1) is 10.7. The van der Waals surface area contributed by atoms with Crippen molar-refractivity contribution in [1.82, 2.24) is 0 Å². The lowest BCUT2D eigenvalue weighted by molar-refractivity contribution is 0.0251. The molecule has 0 aromatic heterocycles. The molecule has 2 rings (SSSR count). The van der Waals surface area contributed by atoms with Crippen molar-refractivity contribution in [3.05, 3.63) is 35.4 Å². The Balaban J connectivity index is 1.70. The van der Waals surface area contributed by atoms with Gasteiger partial charge >= 0.3 is 0 Å². The van der Waals surface area contributed by atoms with Gasteiger partial charge in [0.15, 0.2) is 0 Å². The second-order valence-corrected chi connectivity index (χ2v) is 11.6. The Bertz CT molecular complexity index is 414. The van der Waals surface area contributed by atoms with Crippen LogP contribution in [0.15, 0.2) is 24.3 Å². The van der Waals surface area contributed by atoms with E-state index >= 15 is 0 Å². The van der Waals surface area contributed by atoms with Crippen molar-refractivity contribution in [2.45, 2.75) is 69.9 Å². The molecule has 1 nitrogen and oxygen atoms in total. The van der Waals surface area contributed by atoms with Crippen LogP contribution in [-0.2, 0) is 11.2 Å². The van der Waals surface area contributed by atoms with E-state index in [4.69, 9.17) is 26.9 Å². The Morgan fingerprint density at radius 2 is 1.77 bits per heavy atom. The standard InChI is InChI=1S/C18H28Cl2OSi/c1-2-4-15-5-7-16(8-6-15)17-9-11-18(12-10-17)21-13-3-14-22(19)20/h5-8,17-18,22H,2-4,9-14H2,1H3/t17-,18-. The summed E-state index contributed by atoms with van der Waals surface area (Å²) < 4.78 is 5.97. The Morgan fingerprint density at radius 3 is 2.36 bits per heavy atom. The first-order valence-corrected chi connectivity index (χ1v) is 13.0. The molecule has 1 aromatic rings. The molecule has 124 valence electrons. The van der Waals surface area contributed by atoms with Crippen LogP contribution < -0.4 is 0 Å². The fraction of sp³-hybridized carbons (Fsp3) is 0.667. The second-order valence-electron chi connectivity index (χ2n) is 6.37. The summed E-state index contributed by atoms with van der Waals surface area (Å²) in [4.78, 5) is 0. The highest BCUT2D eigenvalue weighted by Gasteiger charge is 2.22. The molecule has 4 heteroatoms. The van der Waals surface area contributed by atoms with Crippen LogP contribution in [0.2, 0.25) is 6.04 Å². The van der Waals surface area contributed by atoms with Crippen molar-refractivity contribution in [3.8, 4) is 0 Å². The second kappa shape index (κ2) is 9.97. The van der Waals surface area contributed by atoms with Crippen LogP contribution in [0.25, 0.3) is 0 Å². The molecule has 0 atom stereocenters. The summed E-state index contributed by atoms with van der Waals surface area (Å²) in [6, 6.07) is 10.2. The van der Waals surface area contributed by atoms with E-state index in [9.17, 15) is 0 Å². The van der Waals surface area contributed by atoms with E-state index in [0.717, 1.165) is 25.0 Å². The van der Waals surface area contributed by atoms with Crippen molar-refractivity contribution < 1.29 is 4.74 Å². The predicted molar refractivity (Wildman–Crippen MR) is 99.7 cm³/mol. The lowest BCUT2D eigenvalue weighted by Gasteiger charge is -2.29. The minimum atomic E-state index is -1.44. The van der Waals surface area contributed by atoms with Crippen molar-refractivity contribution in [1.29, 1.82) is 0 Å². The molecular formula is C18H28Cl2OSi. The van der Waals surface area contributed by atoms with Gasteiger partial charge in [0.25, 0.3) is 0 Å². The molecule has 0 radical (unpaired) electrons. The maximum absolute atomic E-state index is 5.97. The number of rotatable bonds is 8. The van der Waals surface area contributed by atoms with E-state index in [0.29, 0.717) is 6.10 Å². The number of hydrogen-bond donors (Lipinski definition) is 0. The Morgan fingerprint density at radius 1 is 1.09 bits per heavy atom. The zero-order chi connectivity index (χ0) is 15.8.